The van der Waals surface area contributed by atoms with E-state index in [0.717, 1.165) is 71.6 Å². The zero-order chi connectivity index (χ0) is 26.2. The highest BCUT2D eigenvalue weighted by Crippen LogP contribution is 2.38. The molecule has 6 rings (SSSR count). The molecule has 2 amide bonds. The van der Waals surface area contributed by atoms with Gasteiger partial charge in [0.1, 0.15) is 5.82 Å². The second-order valence-electron chi connectivity index (χ2n) is 11.3. The number of carbonyl (C=O) groups excluding carboxylic acids is 2. The Hall–Kier alpha value is -3.61. The molecule has 0 atom stereocenters. The number of carbonyl (C=O) groups is 2. The van der Waals surface area contributed by atoms with Crippen molar-refractivity contribution in [3.8, 4) is 0 Å². The maximum atomic E-state index is 13.8. The number of fused-ring (bicyclic) bond motifs is 2. The average Bonchev–Trinajstić information content (AvgIpc) is 3.71. The molecule has 2 aromatic carbocycles. The van der Waals surface area contributed by atoms with Crippen LogP contribution in [0.2, 0.25) is 0 Å². The molecule has 3 heterocycles. The van der Waals surface area contributed by atoms with E-state index in [2.05, 4.69) is 15.3 Å². The Morgan fingerprint density at radius 3 is 2.55 bits per heavy atom. The number of hydrogen-bond acceptors (Lipinski definition) is 4. The molecule has 198 valence electrons. The summed E-state index contributed by atoms with van der Waals surface area (Å²) in [5.74, 6) is 2.90. The zero-order valence-corrected chi connectivity index (χ0v) is 22.4. The second kappa shape index (κ2) is 10.3. The summed E-state index contributed by atoms with van der Waals surface area (Å²) >= 11 is 0. The van der Waals surface area contributed by atoms with Crippen molar-refractivity contribution in [1.82, 2.24) is 14.7 Å². The number of aryl methyl sites for hydroxylation is 3. The highest BCUT2D eigenvalue weighted by Gasteiger charge is 2.29. The summed E-state index contributed by atoms with van der Waals surface area (Å²) in [5.41, 5.74) is 5.53. The molecule has 1 N–H and O–H groups in total. The standard InChI is InChI=1S/C31H37N5O2/c1-21-17-25(10-9-24(21)11-12-29(37)35-15-13-23(14-16-35)18-22-7-8-22)31(38)36-20-26-19-32-34(2)30(26)33-27-5-3-4-6-28(27)36/h3-6,9-10,17,19,22-23,33H,7-8,11-16,18,20H2,1-2H3. The molecule has 0 radical (unpaired) electrons. The maximum absolute atomic E-state index is 13.8. The lowest BCUT2D eigenvalue weighted by Gasteiger charge is -2.32. The number of rotatable bonds is 6. The molecule has 0 spiro atoms. The van der Waals surface area contributed by atoms with Gasteiger partial charge in [-0.25, -0.2) is 0 Å². The van der Waals surface area contributed by atoms with Crippen LogP contribution in [0.4, 0.5) is 17.2 Å². The summed E-state index contributed by atoms with van der Waals surface area (Å²) < 4.78 is 1.80. The summed E-state index contributed by atoms with van der Waals surface area (Å²) in [6.07, 6.45) is 9.56. The molecule has 7 nitrogen and oxygen atoms in total. The van der Waals surface area contributed by atoms with Crippen LogP contribution in [0.15, 0.2) is 48.7 Å². The lowest BCUT2D eigenvalue weighted by Crippen LogP contribution is -2.38. The van der Waals surface area contributed by atoms with Gasteiger partial charge in [-0.15, -0.1) is 0 Å². The zero-order valence-electron chi connectivity index (χ0n) is 22.4. The predicted molar refractivity (Wildman–Crippen MR) is 150 cm³/mol. The van der Waals surface area contributed by atoms with Gasteiger partial charge in [-0.05, 0) is 79.8 Å². The topological polar surface area (TPSA) is 70.5 Å². The molecular weight excluding hydrogens is 474 g/mol. The highest BCUT2D eigenvalue weighted by molar-refractivity contribution is 6.08. The third kappa shape index (κ3) is 5.06. The van der Waals surface area contributed by atoms with Crippen LogP contribution >= 0.6 is 0 Å². The number of aromatic nitrogens is 2. The first-order valence-electron chi connectivity index (χ1n) is 14.0. The van der Waals surface area contributed by atoms with Gasteiger partial charge >= 0.3 is 0 Å². The summed E-state index contributed by atoms with van der Waals surface area (Å²) in [5, 5.41) is 7.82. The fourth-order valence-corrected chi connectivity index (χ4v) is 6.05. The molecular formula is C31H37N5O2. The number of piperidine rings is 1. The fraction of sp³-hybridized carbons (Fsp3) is 0.452. The summed E-state index contributed by atoms with van der Waals surface area (Å²) in [4.78, 5) is 30.6. The van der Waals surface area contributed by atoms with E-state index in [4.69, 9.17) is 0 Å². The van der Waals surface area contributed by atoms with Crippen LogP contribution < -0.4 is 10.2 Å². The van der Waals surface area contributed by atoms with Gasteiger partial charge < -0.3 is 15.1 Å². The van der Waals surface area contributed by atoms with Crippen LogP contribution in [0.1, 0.15) is 65.6 Å². The normalized spacial score (nSPS) is 17.4. The van der Waals surface area contributed by atoms with Gasteiger partial charge in [0.2, 0.25) is 5.91 Å². The van der Waals surface area contributed by atoms with Crippen LogP contribution in [0.25, 0.3) is 0 Å². The minimum absolute atomic E-state index is 0.0456. The minimum atomic E-state index is -0.0456. The Morgan fingerprint density at radius 2 is 1.79 bits per heavy atom. The van der Waals surface area contributed by atoms with Crippen molar-refractivity contribution in [2.24, 2.45) is 18.9 Å². The first-order valence-corrected chi connectivity index (χ1v) is 14.0. The smallest absolute Gasteiger partial charge is 0.258 e. The fourth-order valence-electron chi connectivity index (χ4n) is 6.05. The number of hydrogen-bond donors (Lipinski definition) is 1. The Bertz CT molecular complexity index is 1350. The van der Waals surface area contributed by atoms with Gasteiger partial charge in [-0.3, -0.25) is 14.3 Å². The van der Waals surface area contributed by atoms with E-state index in [1.54, 1.807) is 4.68 Å². The minimum Gasteiger partial charge on any atom is -0.343 e. The molecule has 3 aliphatic rings. The van der Waals surface area contributed by atoms with Crippen LogP contribution in [0.5, 0.6) is 0 Å². The van der Waals surface area contributed by atoms with E-state index >= 15 is 0 Å². The van der Waals surface area contributed by atoms with Crippen LogP contribution in [-0.2, 0) is 24.8 Å². The number of para-hydroxylation sites is 2. The van der Waals surface area contributed by atoms with E-state index in [0.29, 0.717) is 24.9 Å². The summed E-state index contributed by atoms with van der Waals surface area (Å²) in [6, 6.07) is 13.8. The Kier molecular flexibility index (Phi) is 6.68. The number of nitrogens with zero attached hydrogens (tertiary/aromatic N) is 4. The van der Waals surface area contributed by atoms with Crippen molar-refractivity contribution in [3.05, 3.63) is 70.9 Å². The van der Waals surface area contributed by atoms with E-state index in [9.17, 15) is 9.59 Å². The largest absolute Gasteiger partial charge is 0.343 e. The van der Waals surface area contributed by atoms with Crippen molar-refractivity contribution >= 4 is 29.0 Å². The SMILES string of the molecule is Cc1cc(C(=O)N2Cc3cnn(C)c3Nc3ccccc32)ccc1CCC(=O)N1CCC(CC2CC2)CC1. The second-order valence-corrected chi connectivity index (χ2v) is 11.3. The average molecular weight is 512 g/mol. The number of likely N-dealkylation sites (tertiary alicyclic amines) is 1. The van der Waals surface area contributed by atoms with Crippen LogP contribution in [0, 0.1) is 18.8 Å². The van der Waals surface area contributed by atoms with E-state index < -0.39 is 0 Å². The van der Waals surface area contributed by atoms with Gasteiger partial charge in [0.05, 0.1) is 24.1 Å². The highest BCUT2D eigenvalue weighted by atomic mass is 16.2. The van der Waals surface area contributed by atoms with Gasteiger partial charge in [-0.2, -0.15) is 5.10 Å². The number of anilines is 3. The molecule has 3 aromatic rings. The molecule has 38 heavy (non-hydrogen) atoms. The first kappa shape index (κ1) is 24.7. The van der Waals surface area contributed by atoms with E-state index in [-0.39, 0.29) is 11.8 Å². The van der Waals surface area contributed by atoms with Crippen LogP contribution in [0.3, 0.4) is 0 Å². The summed E-state index contributed by atoms with van der Waals surface area (Å²) in [7, 11) is 1.90. The number of nitrogens with one attached hydrogen (secondary N) is 1. The van der Waals surface area contributed by atoms with Gasteiger partial charge in [-0.1, -0.05) is 31.0 Å². The van der Waals surface area contributed by atoms with Gasteiger partial charge in [0.25, 0.3) is 5.91 Å². The Morgan fingerprint density at radius 1 is 1.03 bits per heavy atom. The molecule has 7 heteroatoms. The van der Waals surface area contributed by atoms with E-state index in [1.165, 1.54) is 19.3 Å². The molecule has 1 aliphatic carbocycles. The van der Waals surface area contributed by atoms with Gasteiger partial charge in [0.15, 0.2) is 0 Å². The quantitative estimate of drug-likeness (QED) is 0.467. The third-order valence-corrected chi connectivity index (χ3v) is 8.56. The number of benzene rings is 2. The predicted octanol–water partition coefficient (Wildman–Crippen LogP) is 5.60. The van der Waals surface area contributed by atoms with Crippen molar-refractivity contribution in [2.75, 3.05) is 23.3 Å². The van der Waals surface area contributed by atoms with Crippen molar-refractivity contribution in [3.63, 3.8) is 0 Å². The van der Waals surface area contributed by atoms with Crippen molar-refractivity contribution < 1.29 is 9.59 Å². The number of amides is 2. The van der Waals surface area contributed by atoms with Crippen molar-refractivity contribution in [2.45, 2.75) is 58.4 Å². The molecule has 1 saturated carbocycles. The lowest BCUT2D eigenvalue weighted by molar-refractivity contribution is -0.132. The van der Waals surface area contributed by atoms with E-state index in [1.807, 2.05) is 67.5 Å². The molecule has 0 bridgehead atoms. The Labute approximate surface area is 224 Å². The molecule has 2 fully saturated rings. The molecule has 0 unspecified atom stereocenters. The van der Waals surface area contributed by atoms with Crippen molar-refractivity contribution in [1.29, 1.82) is 0 Å². The maximum Gasteiger partial charge on any atom is 0.258 e. The molecule has 2 aliphatic heterocycles. The Balaban J connectivity index is 1.12. The van der Waals surface area contributed by atoms with Gasteiger partial charge in [0, 0.05) is 37.7 Å². The summed E-state index contributed by atoms with van der Waals surface area (Å²) in [6.45, 7) is 4.30. The third-order valence-electron chi connectivity index (χ3n) is 8.56. The lowest BCUT2D eigenvalue weighted by atomic mass is 9.91. The van der Waals surface area contributed by atoms with Crippen LogP contribution in [-0.4, -0.2) is 39.6 Å². The molecule has 1 saturated heterocycles. The first-order chi connectivity index (χ1) is 18.5. The monoisotopic (exact) mass is 511 g/mol. The molecule has 1 aromatic heterocycles.